The van der Waals surface area contributed by atoms with Gasteiger partial charge >= 0.3 is 0 Å². The van der Waals surface area contributed by atoms with Crippen molar-refractivity contribution in [2.45, 2.75) is 45.2 Å². The highest BCUT2D eigenvalue weighted by Gasteiger charge is 2.19. The highest BCUT2D eigenvalue weighted by atomic mass is 16.1. The Hall–Kier alpha value is -3.95. The van der Waals surface area contributed by atoms with Crippen LogP contribution < -0.4 is 11.1 Å². The highest BCUT2D eigenvalue weighted by molar-refractivity contribution is 5.85. The fourth-order valence-electron chi connectivity index (χ4n) is 4.70. The first kappa shape index (κ1) is 25.2. The fourth-order valence-corrected chi connectivity index (χ4v) is 4.70. The van der Waals surface area contributed by atoms with Crippen molar-refractivity contribution in [3.05, 3.63) is 102 Å². The van der Waals surface area contributed by atoms with Gasteiger partial charge in [-0.1, -0.05) is 61.5 Å². The lowest BCUT2D eigenvalue weighted by Gasteiger charge is -2.24. The van der Waals surface area contributed by atoms with Crippen LogP contribution >= 0.6 is 0 Å². The average Bonchev–Trinajstić information content (AvgIpc) is 3.33. The van der Waals surface area contributed by atoms with Crippen LogP contribution in [0.2, 0.25) is 0 Å². The van der Waals surface area contributed by atoms with E-state index in [1.807, 2.05) is 16.7 Å². The Balaban J connectivity index is 1.29. The Morgan fingerprint density at radius 3 is 2.67 bits per heavy atom. The molecule has 0 aliphatic heterocycles. The number of fused-ring (bicyclic) bond motifs is 1. The van der Waals surface area contributed by atoms with Gasteiger partial charge in [-0.3, -0.25) is 4.79 Å². The van der Waals surface area contributed by atoms with E-state index in [0.29, 0.717) is 18.7 Å². The second-order valence-corrected chi connectivity index (χ2v) is 9.42. The Morgan fingerprint density at radius 2 is 1.89 bits per heavy atom. The molecule has 184 valence electrons. The Bertz CT molecular complexity index is 1330. The Kier molecular flexibility index (Phi) is 8.48. The lowest BCUT2D eigenvalue weighted by molar-refractivity contribution is -0.121. The van der Waals surface area contributed by atoms with Crippen molar-refractivity contribution < 1.29 is 4.79 Å². The Morgan fingerprint density at radius 1 is 1.11 bits per heavy atom. The molecule has 0 aliphatic carbocycles. The van der Waals surface area contributed by atoms with Gasteiger partial charge in [-0.2, -0.15) is 5.26 Å². The molecule has 1 amide bonds. The van der Waals surface area contributed by atoms with E-state index < -0.39 is 0 Å². The molecule has 0 fully saturated rings. The van der Waals surface area contributed by atoms with E-state index in [4.69, 9.17) is 11.0 Å². The summed E-state index contributed by atoms with van der Waals surface area (Å²) in [5.74, 6) is 0.227. The first-order valence-corrected chi connectivity index (χ1v) is 12.5. The van der Waals surface area contributed by atoms with Gasteiger partial charge in [0.05, 0.1) is 24.4 Å². The molecule has 4 aromatic rings. The quantitative estimate of drug-likeness (QED) is 0.329. The van der Waals surface area contributed by atoms with Crippen molar-refractivity contribution in [2.75, 3.05) is 6.54 Å². The molecule has 0 saturated carbocycles. The summed E-state index contributed by atoms with van der Waals surface area (Å²) >= 11 is 0. The molecule has 2 atom stereocenters. The summed E-state index contributed by atoms with van der Waals surface area (Å²) < 4.78 is 1.96. The fraction of sp³-hybridized carbons (Fsp3) is 0.300. The minimum absolute atomic E-state index is 0.0482. The van der Waals surface area contributed by atoms with Crippen LogP contribution in [0.3, 0.4) is 0 Å². The molecule has 0 spiro atoms. The van der Waals surface area contributed by atoms with Gasteiger partial charge < -0.3 is 15.6 Å². The zero-order chi connectivity index (χ0) is 25.3. The molecular formula is C30H33N5O. The van der Waals surface area contributed by atoms with E-state index in [0.717, 1.165) is 30.5 Å². The van der Waals surface area contributed by atoms with Crippen LogP contribution in [0.5, 0.6) is 0 Å². The molecule has 36 heavy (non-hydrogen) atoms. The zero-order valence-electron chi connectivity index (χ0n) is 20.7. The number of amides is 1. The van der Waals surface area contributed by atoms with Gasteiger partial charge in [-0.15, -0.1) is 0 Å². The predicted octanol–water partition coefficient (Wildman–Crippen LogP) is 4.60. The van der Waals surface area contributed by atoms with E-state index in [1.165, 1.54) is 16.3 Å². The summed E-state index contributed by atoms with van der Waals surface area (Å²) in [5, 5.41) is 14.7. The molecular weight excluding hydrogens is 446 g/mol. The first-order valence-electron chi connectivity index (χ1n) is 12.5. The second-order valence-electron chi connectivity index (χ2n) is 9.42. The molecule has 4 rings (SSSR count). The summed E-state index contributed by atoms with van der Waals surface area (Å²) in [7, 11) is 0. The maximum absolute atomic E-state index is 12.9. The molecule has 0 radical (unpaired) electrons. The summed E-state index contributed by atoms with van der Waals surface area (Å²) in [4.78, 5) is 17.1. The number of aryl methyl sites for hydroxylation is 1. The smallest absolute Gasteiger partial charge is 0.226 e. The van der Waals surface area contributed by atoms with Gasteiger partial charge in [0.1, 0.15) is 0 Å². The number of imidazole rings is 1. The average molecular weight is 480 g/mol. The standard InChI is InChI=1S/C30H33N5O/c1-22(6-4-8-26-10-5-9-25-7-2-3-11-28(25)26)29(18-32)34-30(36)16-27-19-33-21-35(27)20-24-14-12-23(17-31)13-15-24/h2-3,5,7,9-15,19,21-22,29H,4,6,8,16,18,20,32H2,1H3,(H,34,36). The number of rotatable bonds is 11. The van der Waals surface area contributed by atoms with Crippen LogP contribution in [0.15, 0.2) is 79.3 Å². The van der Waals surface area contributed by atoms with E-state index in [9.17, 15) is 4.79 Å². The number of benzene rings is 3. The van der Waals surface area contributed by atoms with Gasteiger partial charge in [0, 0.05) is 31.0 Å². The van der Waals surface area contributed by atoms with Crippen LogP contribution in [0.4, 0.5) is 0 Å². The third kappa shape index (κ3) is 6.38. The third-order valence-corrected chi connectivity index (χ3v) is 6.85. The van der Waals surface area contributed by atoms with Crippen LogP contribution in [0.25, 0.3) is 10.8 Å². The first-order chi connectivity index (χ1) is 17.6. The number of hydrogen-bond acceptors (Lipinski definition) is 4. The maximum Gasteiger partial charge on any atom is 0.226 e. The SMILES string of the molecule is CC(CCCc1cccc2ccccc12)C(CN)NC(=O)Cc1cncn1Cc1ccc(C#N)cc1. The molecule has 0 aliphatic rings. The highest BCUT2D eigenvalue weighted by Crippen LogP contribution is 2.21. The van der Waals surface area contributed by atoms with E-state index in [1.54, 1.807) is 24.7 Å². The van der Waals surface area contributed by atoms with E-state index in [-0.39, 0.29) is 24.3 Å². The van der Waals surface area contributed by atoms with Gasteiger partial charge in [0.15, 0.2) is 0 Å². The molecule has 1 aromatic heterocycles. The molecule has 3 aromatic carbocycles. The number of nitrogens with zero attached hydrogens (tertiary/aromatic N) is 3. The topological polar surface area (TPSA) is 96.7 Å². The van der Waals surface area contributed by atoms with E-state index in [2.05, 4.69) is 65.8 Å². The number of carbonyl (C=O) groups excluding carboxylic acids is 1. The minimum atomic E-state index is -0.0695. The number of carbonyl (C=O) groups is 1. The van der Waals surface area contributed by atoms with Crippen LogP contribution in [-0.2, 0) is 24.2 Å². The van der Waals surface area contributed by atoms with Crippen molar-refractivity contribution >= 4 is 16.7 Å². The van der Waals surface area contributed by atoms with Crippen LogP contribution in [0.1, 0.15) is 42.1 Å². The van der Waals surface area contributed by atoms with Crippen molar-refractivity contribution in [3.8, 4) is 6.07 Å². The molecule has 3 N–H and O–H groups in total. The molecule has 0 bridgehead atoms. The van der Waals surface area contributed by atoms with Gasteiger partial charge in [0.2, 0.25) is 5.91 Å². The lowest BCUT2D eigenvalue weighted by atomic mass is 9.93. The number of nitrogens with two attached hydrogens (primary N) is 1. The largest absolute Gasteiger partial charge is 0.351 e. The summed E-state index contributed by atoms with van der Waals surface area (Å²) in [6.07, 6.45) is 6.74. The molecule has 0 saturated heterocycles. The van der Waals surface area contributed by atoms with Crippen molar-refractivity contribution in [3.63, 3.8) is 0 Å². The normalized spacial score (nSPS) is 12.7. The second kappa shape index (κ2) is 12.1. The third-order valence-electron chi connectivity index (χ3n) is 6.85. The molecule has 1 heterocycles. The number of nitrogens with one attached hydrogen (secondary N) is 1. The molecule has 6 heteroatoms. The molecule has 6 nitrogen and oxygen atoms in total. The molecule has 2 unspecified atom stereocenters. The van der Waals surface area contributed by atoms with Crippen molar-refractivity contribution in [1.82, 2.24) is 14.9 Å². The summed E-state index contributed by atoms with van der Waals surface area (Å²) in [5.41, 5.74) is 9.94. The van der Waals surface area contributed by atoms with Gasteiger partial charge in [-0.05, 0) is 59.2 Å². The minimum Gasteiger partial charge on any atom is -0.351 e. The number of aromatic nitrogens is 2. The summed E-state index contributed by atoms with van der Waals surface area (Å²) in [6, 6.07) is 24.5. The van der Waals surface area contributed by atoms with Crippen LogP contribution in [0, 0.1) is 17.2 Å². The maximum atomic E-state index is 12.9. The number of hydrogen-bond donors (Lipinski definition) is 2. The Labute approximate surface area is 212 Å². The predicted molar refractivity (Wildman–Crippen MR) is 143 cm³/mol. The number of nitriles is 1. The lowest BCUT2D eigenvalue weighted by Crippen LogP contribution is -2.45. The zero-order valence-corrected chi connectivity index (χ0v) is 20.7. The van der Waals surface area contributed by atoms with Crippen molar-refractivity contribution in [2.24, 2.45) is 11.7 Å². The van der Waals surface area contributed by atoms with Gasteiger partial charge in [-0.25, -0.2) is 4.98 Å². The monoisotopic (exact) mass is 479 g/mol. The van der Waals surface area contributed by atoms with Crippen molar-refractivity contribution in [1.29, 1.82) is 5.26 Å². The van der Waals surface area contributed by atoms with Crippen LogP contribution in [-0.4, -0.2) is 28.0 Å². The van der Waals surface area contributed by atoms with E-state index >= 15 is 0 Å². The summed E-state index contributed by atoms with van der Waals surface area (Å²) in [6.45, 7) is 3.17. The van der Waals surface area contributed by atoms with Gasteiger partial charge in [0.25, 0.3) is 0 Å².